The molecule has 13 heteroatoms. The number of esters is 1. The molecule has 0 amide bonds. The maximum atomic E-state index is 12.2. The van der Waals surface area contributed by atoms with Gasteiger partial charge in [0.15, 0.2) is 23.1 Å². The molecule has 11 nitrogen and oxygen atoms in total. The van der Waals surface area contributed by atoms with Crippen LogP contribution in [0.25, 0.3) is 5.76 Å². The van der Waals surface area contributed by atoms with Crippen molar-refractivity contribution in [2.75, 3.05) is 37.5 Å². The molecule has 0 bridgehead atoms. The number of alkyl halides is 1. The summed E-state index contributed by atoms with van der Waals surface area (Å²) >= 11 is 2.29. The van der Waals surface area contributed by atoms with Crippen LogP contribution in [0.3, 0.4) is 0 Å². The number of rotatable bonds is 7. The van der Waals surface area contributed by atoms with Crippen LogP contribution in [0.1, 0.15) is 64.6 Å². The molecule has 0 fully saturated rings. The van der Waals surface area contributed by atoms with Gasteiger partial charge in [-0.25, -0.2) is 18.6 Å². The third-order valence-electron chi connectivity index (χ3n) is 6.15. The normalized spacial score (nSPS) is 11.1. The van der Waals surface area contributed by atoms with Crippen molar-refractivity contribution in [1.82, 2.24) is 9.97 Å². The summed E-state index contributed by atoms with van der Waals surface area (Å²) in [5.41, 5.74) is 2.95. The maximum Gasteiger partial charge on any atom is 0.446 e. The molecule has 4 heterocycles. The minimum atomic E-state index is -0.367. The number of Topliss-reactive ketones (excluding diaryl/α,β-unsaturated/α-hetero) is 2. The van der Waals surface area contributed by atoms with Crippen LogP contribution >= 0.6 is 22.6 Å². The van der Waals surface area contributed by atoms with E-state index in [1.54, 1.807) is 85.9 Å². The van der Waals surface area contributed by atoms with Crippen molar-refractivity contribution in [1.29, 1.82) is 0 Å². The summed E-state index contributed by atoms with van der Waals surface area (Å²) in [5.74, 6) is 0.0226. The fourth-order valence-electron chi connectivity index (χ4n) is 3.99. The Morgan fingerprint density at radius 1 is 0.824 bits per heavy atom. The number of pyridine rings is 2. The number of aromatic nitrogens is 2. The Kier molecular flexibility index (Phi) is 23.3. The van der Waals surface area contributed by atoms with Crippen molar-refractivity contribution >= 4 is 45.9 Å². The Bertz CT molecular complexity index is 1810. The number of hydrogen-bond acceptors (Lipinski definition) is 9. The van der Waals surface area contributed by atoms with Crippen LogP contribution in [0.4, 0.5) is 0 Å². The molecule has 271 valence electrons. The van der Waals surface area contributed by atoms with E-state index in [4.69, 9.17) is 23.1 Å². The Balaban J connectivity index is 0.000000726. The van der Waals surface area contributed by atoms with Crippen molar-refractivity contribution in [2.24, 2.45) is 0 Å². The number of fused-ring (bicyclic) bond motifs is 2. The first kappa shape index (κ1) is 46.6. The zero-order chi connectivity index (χ0) is 34.7. The van der Waals surface area contributed by atoms with Crippen molar-refractivity contribution in [3.05, 3.63) is 141 Å². The number of nitrogens with zero attached hydrogens (tertiary/aromatic N) is 2. The molecule has 0 saturated carbocycles. The van der Waals surface area contributed by atoms with E-state index in [-0.39, 0.29) is 63.1 Å². The van der Waals surface area contributed by atoms with Crippen LogP contribution in [0.5, 0.6) is 11.5 Å². The van der Waals surface area contributed by atoms with E-state index in [2.05, 4.69) is 46.1 Å². The fourth-order valence-corrected chi connectivity index (χ4v) is 3.99. The zero-order valence-corrected chi connectivity index (χ0v) is 31.7. The molecule has 2 aromatic heterocycles. The molecular formula is C38H43IN2O9V. The second kappa shape index (κ2) is 25.5. The molecular weight excluding hydrogens is 806 g/mol. The summed E-state index contributed by atoms with van der Waals surface area (Å²) in [6, 6.07) is 20.2. The number of ether oxygens (including phenoxy) is 3. The molecule has 0 aliphatic carbocycles. The average Bonchev–Trinajstić information content (AvgIpc) is 3.13. The number of hydrogen-bond donors (Lipinski definition) is 0. The maximum absolute atomic E-state index is 12.2. The first-order chi connectivity index (χ1) is 23.3. The van der Waals surface area contributed by atoms with Gasteiger partial charge in [-0.05, 0) is 65.4 Å². The Hall–Kier alpha value is -4.40. The van der Waals surface area contributed by atoms with E-state index in [0.29, 0.717) is 77.9 Å². The Labute approximate surface area is 324 Å². The van der Waals surface area contributed by atoms with E-state index < -0.39 is 0 Å². The molecule has 2 aromatic carbocycles. The minimum absolute atomic E-state index is 0. The fraction of sp³-hybridized carbons (Fsp3) is 0.263. The second-order valence-corrected chi connectivity index (χ2v) is 11.1. The molecule has 2 aliphatic rings. The number of carbonyl (C=O) groups excluding carboxylic acids is 3. The summed E-state index contributed by atoms with van der Waals surface area (Å²) in [7, 11) is 0. The molecule has 0 atom stereocenters. The monoisotopic (exact) mass is 849 g/mol. The van der Waals surface area contributed by atoms with E-state index in [1.807, 2.05) is 0 Å². The second-order valence-electron chi connectivity index (χ2n) is 9.58. The van der Waals surface area contributed by atoms with Gasteiger partial charge in [-0.3, -0.25) is 14.6 Å². The first-order valence-electron chi connectivity index (χ1n) is 15.0. The van der Waals surface area contributed by atoms with Gasteiger partial charge in [0.05, 0.1) is 25.2 Å². The van der Waals surface area contributed by atoms with Gasteiger partial charge in [-0.2, -0.15) is 0 Å². The quantitative estimate of drug-likeness (QED) is 0.0276. The standard InChI is InChI=1S/C16H13NO4.C10H9O3.C8H9NO2.C2H5I.CH4.CH3.V/c18-13(10-14(19)12-3-1-2-6-17-12)11-4-5-15-16(9-11)21-8-7-20-15;1-7(11)8-2-3-9-10(6-8)13-5-4-12-9;1-2-11-8(10)7-5-3-4-6-9-7;1-2-3;;;/h1-6,9H,7-8,10H2;2-3,6H,1,4-5H2;3-6H,2H2,1H3;2H2,1H3;1H4;1H3;/q;+1;;;;-1;. The molecule has 51 heavy (non-hydrogen) atoms. The van der Waals surface area contributed by atoms with Crippen LogP contribution in [0.15, 0.2) is 101 Å². The van der Waals surface area contributed by atoms with Gasteiger partial charge >= 0.3 is 30.0 Å². The summed E-state index contributed by atoms with van der Waals surface area (Å²) < 4.78 is 27.4. The third kappa shape index (κ3) is 15.6. The summed E-state index contributed by atoms with van der Waals surface area (Å²) in [5, 5.41) is 10.9. The third-order valence-corrected chi connectivity index (χ3v) is 6.15. The Morgan fingerprint density at radius 2 is 1.39 bits per heavy atom. The largest absolute Gasteiger partial charge is 0.872 e. The number of halogens is 1. The molecule has 4 aromatic rings. The zero-order valence-electron chi connectivity index (χ0n) is 28.1. The van der Waals surface area contributed by atoms with Crippen LogP contribution in [0, 0.1) is 7.43 Å². The van der Waals surface area contributed by atoms with Crippen molar-refractivity contribution < 1.29 is 52.3 Å². The molecule has 6 rings (SSSR count). The number of benzene rings is 2. The van der Waals surface area contributed by atoms with Crippen LogP contribution in [-0.2, 0) is 23.3 Å². The van der Waals surface area contributed by atoms with Crippen molar-refractivity contribution in [3.63, 3.8) is 0 Å². The molecule has 0 spiro atoms. The van der Waals surface area contributed by atoms with Gasteiger partial charge in [-0.15, -0.1) is 12.3 Å². The van der Waals surface area contributed by atoms with Crippen LogP contribution < -0.4 is 25.4 Å². The predicted octanol–water partition coefficient (Wildman–Crippen LogP) is 5.35. The molecule has 1 radical (unpaired) electrons. The molecule has 0 unspecified atom stereocenters. The number of carbonyl (C=O) groups is 3. The van der Waals surface area contributed by atoms with E-state index >= 15 is 0 Å². The van der Waals surface area contributed by atoms with Crippen molar-refractivity contribution in [3.8, 4) is 11.5 Å². The SMILES string of the molecule is C.C=C([O-])c1ccc2c(c1)=[O+]CC[O+]=2.CCI.CCOC(=O)c1ccccn1.O=C(CC(=O)c1ccccn1)c1ccc2c(c1)OCCO2.[CH3-].[V]. The van der Waals surface area contributed by atoms with E-state index in [9.17, 15) is 19.5 Å². The van der Waals surface area contributed by atoms with Crippen LogP contribution in [-0.4, -0.2) is 65.0 Å². The van der Waals surface area contributed by atoms with E-state index in [1.165, 1.54) is 10.6 Å². The van der Waals surface area contributed by atoms with Gasteiger partial charge in [-0.1, -0.05) is 49.1 Å². The van der Waals surface area contributed by atoms with Gasteiger partial charge in [0.25, 0.3) is 0 Å². The average molecular weight is 850 g/mol. The van der Waals surface area contributed by atoms with Gasteiger partial charge < -0.3 is 26.7 Å². The minimum Gasteiger partial charge on any atom is -0.872 e. The summed E-state index contributed by atoms with van der Waals surface area (Å²) in [6.45, 7) is 9.63. The topological polar surface area (TPSA) is 150 Å². The molecule has 0 N–H and O–H groups in total. The summed E-state index contributed by atoms with van der Waals surface area (Å²) in [6.07, 6.45) is 2.88. The van der Waals surface area contributed by atoms with Gasteiger partial charge in [0.2, 0.25) is 0 Å². The molecule has 0 saturated heterocycles. The van der Waals surface area contributed by atoms with Gasteiger partial charge in [0.1, 0.15) is 24.6 Å². The van der Waals surface area contributed by atoms with Gasteiger partial charge in [0, 0.05) is 36.5 Å². The van der Waals surface area contributed by atoms with Crippen molar-refractivity contribution in [2.45, 2.75) is 27.7 Å². The summed E-state index contributed by atoms with van der Waals surface area (Å²) in [4.78, 5) is 42.9. The predicted molar refractivity (Wildman–Crippen MR) is 202 cm³/mol. The smallest absolute Gasteiger partial charge is 0.446 e. The van der Waals surface area contributed by atoms with E-state index in [0.717, 1.165) is 0 Å². The number of ketones is 2. The van der Waals surface area contributed by atoms with Crippen LogP contribution in [0.2, 0.25) is 0 Å². The Morgan fingerprint density at radius 3 is 1.96 bits per heavy atom. The first-order valence-corrected chi connectivity index (χ1v) is 16.6. The molecule has 2 aliphatic heterocycles.